The van der Waals surface area contributed by atoms with Gasteiger partial charge in [-0.3, -0.25) is 4.79 Å². The van der Waals surface area contributed by atoms with E-state index in [1.54, 1.807) is 0 Å². The second kappa shape index (κ2) is 8.14. The molecule has 2 rings (SSSR count). The van der Waals surface area contributed by atoms with E-state index in [4.69, 9.17) is 4.74 Å². The van der Waals surface area contributed by atoms with Crippen molar-refractivity contribution in [3.05, 3.63) is 0 Å². The molecular weight excluding hydrogens is 264 g/mol. The Balaban J connectivity index is 1.63. The monoisotopic (exact) mass is 296 g/mol. The highest BCUT2D eigenvalue weighted by atomic mass is 16.5. The average Bonchev–Trinajstić information content (AvgIpc) is 2.76. The first-order valence-electron chi connectivity index (χ1n) is 8.72. The molecule has 0 aliphatic carbocycles. The first-order valence-corrected chi connectivity index (χ1v) is 8.72. The lowest BCUT2D eigenvalue weighted by Crippen LogP contribution is -2.40. The van der Waals surface area contributed by atoms with Gasteiger partial charge in [0.25, 0.3) is 0 Å². The Morgan fingerprint density at radius 1 is 1.29 bits per heavy atom. The summed E-state index contributed by atoms with van der Waals surface area (Å²) in [6.45, 7) is 7.85. The topological polar surface area (TPSA) is 50.4 Å². The molecule has 4 nitrogen and oxygen atoms in total. The fourth-order valence-electron chi connectivity index (χ4n) is 3.85. The fraction of sp³-hybridized carbons (Fsp3) is 0.941. The maximum atomic E-state index is 12.1. The van der Waals surface area contributed by atoms with Gasteiger partial charge in [0.05, 0.1) is 6.10 Å². The minimum Gasteiger partial charge on any atom is -0.378 e. The summed E-state index contributed by atoms with van der Waals surface area (Å²) in [4.78, 5) is 12.1. The lowest BCUT2D eigenvalue weighted by Gasteiger charge is -2.28. The molecule has 4 heteroatoms. The molecule has 0 spiro atoms. The number of carbonyl (C=O) groups excluding carboxylic acids is 1. The van der Waals surface area contributed by atoms with E-state index in [0.717, 1.165) is 19.6 Å². The Labute approximate surface area is 129 Å². The third-order valence-electron chi connectivity index (χ3n) is 4.92. The third kappa shape index (κ3) is 5.26. The van der Waals surface area contributed by atoms with Crippen LogP contribution in [0.2, 0.25) is 0 Å². The van der Waals surface area contributed by atoms with Crippen LogP contribution in [0.1, 0.15) is 59.3 Å². The van der Waals surface area contributed by atoms with E-state index < -0.39 is 0 Å². The first kappa shape index (κ1) is 16.8. The minimum atomic E-state index is 0.223. The molecule has 2 aliphatic heterocycles. The number of hydrogen-bond donors (Lipinski definition) is 2. The third-order valence-corrected chi connectivity index (χ3v) is 4.92. The molecule has 3 unspecified atom stereocenters. The Morgan fingerprint density at radius 2 is 1.95 bits per heavy atom. The molecule has 2 aliphatic rings. The van der Waals surface area contributed by atoms with Crippen molar-refractivity contribution >= 4 is 5.91 Å². The highest BCUT2D eigenvalue weighted by molar-refractivity contribution is 5.76. The quantitative estimate of drug-likeness (QED) is 0.723. The molecule has 2 N–H and O–H groups in total. The number of amides is 1. The van der Waals surface area contributed by atoms with Crippen molar-refractivity contribution in [1.82, 2.24) is 10.6 Å². The SMILES string of the molecule is CCOC(CCNC(=O)CC1CC2CCC(C1)N2)C(C)C. The number of fused-ring (bicyclic) bond motifs is 2. The normalized spacial score (nSPS) is 29.6. The molecule has 21 heavy (non-hydrogen) atoms. The predicted molar refractivity (Wildman–Crippen MR) is 85.2 cm³/mol. The smallest absolute Gasteiger partial charge is 0.220 e. The maximum Gasteiger partial charge on any atom is 0.220 e. The Morgan fingerprint density at radius 3 is 2.52 bits per heavy atom. The van der Waals surface area contributed by atoms with Gasteiger partial charge >= 0.3 is 0 Å². The molecule has 2 heterocycles. The van der Waals surface area contributed by atoms with Crippen LogP contribution >= 0.6 is 0 Å². The second-order valence-electron chi connectivity index (χ2n) is 7.06. The zero-order valence-corrected chi connectivity index (χ0v) is 13.9. The lowest BCUT2D eigenvalue weighted by atomic mass is 9.89. The summed E-state index contributed by atoms with van der Waals surface area (Å²) in [5.74, 6) is 1.30. The number of nitrogens with one attached hydrogen (secondary N) is 2. The summed E-state index contributed by atoms with van der Waals surface area (Å²) in [6, 6.07) is 1.34. The van der Waals surface area contributed by atoms with E-state index in [1.807, 2.05) is 6.92 Å². The molecule has 3 atom stereocenters. The lowest BCUT2D eigenvalue weighted by molar-refractivity contribution is -0.122. The summed E-state index contributed by atoms with van der Waals surface area (Å²) in [5.41, 5.74) is 0. The van der Waals surface area contributed by atoms with Crippen molar-refractivity contribution in [3.63, 3.8) is 0 Å². The fourth-order valence-corrected chi connectivity index (χ4v) is 3.85. The van der Waals surface area contributed by atoms with Gasteiger partial charge in [-0.2, -0.15) is 0 Å². The summed E-state index contributed by atoms with van der Waals surface area (Å²) >= 11 is 0. The molecule has 2 fully saturated rings. The van der Waals surface area contributed by atoms with Gasteiger partial charge in [-0.15, -0.1) is 0 Å². The molecular formula is C17H32N2O2. The number of carbonyl (C=O) groups is 1. The van der Waals surface area contributed by atoms with E-state index in [0.29, 0.717) is 30.3 Å². The molecule has 2 bridgehead atoms. The number of hydrogen-bond acceptors (Lipinski definition) is 3. The van der Waals surface area contributed by atoms with Crippen LogP contribution in [0.15, 0.2) is 0 Å². The van der Waals surface area contributed by atoms with Crippen molar-refractivity contribution in [2.45, 2.75) is 77.5 Å². The maximum absolute atomic E-state index is 12.1. The molecule has 0 saturated carbocycles. The largest absolute Gasteiger partial charge is 0.378 e. The van der Waals surface area contributed by atoms with Gasteiger partial charge in [0.2, 0.25) is 5.91 Å². The van der Waals surface area contributed by atoms with Crippen molar-refractivity contribution in [2.75, 3.05) is 13.2 Å². The predicted octanol–water partition coefficient (Wildman–Crippen LogP) is 2.47. The van der Waals surface area contributed by atoms with Crippen LogP contribution in [0.3, 0.4) is 0 Å². The summed E-state index contributed by atoms with van der Waals surface area (Å²) in [7, 11) is 0. The van der Waals surface area contributed by atoms with Crippen LogP contribution in [0.4, 0.5) is 0 Å². The second-order valence-corrected chi connectivity index (χ2v) is 7.06. The van der Waals surface area contributed by atoms with E-state index >= 15 is 0 Å². The van der Waals surface area contributed by atoms with Gasteiger partial charge in [0.1, 0.15) is 0 Å². The number of piperidine rings is 1. The van der Waals surface area contributed by atoms with Gasteiger partial charge in [-0.1, -0.05) is 13.8 Å². The highest BCUT2D eigenvalue weighted by Crippen LogP contribution is 2.32. The molecule has 1 amide bonds. The number of rotatable bonds is 8. The van der Waals surface area contributed by atoms with Crippen molar-refractivity contribution in [2.24, 2.45) is 11.8 Å². The van der Waals surface area contributed by atoms with Crippen molar-refractivity contribution < 1.29 is 9.53 Å². The first-order chi connectivity index (χ1) is 10.1. The van der Waals surface area contributed by atoms with Crippen molar-refractivity contribution in [1.29, 1.82) is 0 Å². The van der Waals surface area contributed by atoms with E-state index in [2.05, 4.69) is 24.5 Å². The minimum absolute atomic E-state index is 0.223. The van der Waals surface area contributed by atoms with E-state index in [-0.39, 0.29) is 12.0 Å². The van der Waals surface area contributed by atoms with Gasteiger partial charge in [0.15, 0.2) is 0 Å². The Kier molecular flexibility index (Phi) is 6.49. The number of ether oxygens (including phenoxy) is 1. The highest BCUT2D eigenvalue weighted by Gasteiger charge is 2.34. The van der Waals surface area contributed by atoms with Gasteiger partial charge < -0.3 is 15.4 Å². The zero-order chi connectivity index (χ0) is 15.2. The zero-order valence-electron chi connectivity index (χ0n) is 13.9. The molecule has 122 valence electrons. The molecule has 0 aromatic heterocycles. The van der Waals surface area contributed by atoms with Crippen LogP contribution in [-0.2, 0) is 9.53 Å². The van der Waals surface area contributed by atoms with Crippen LogP contribution in [0.25, 0.3) is 0 Å². The average molecular weight is 296 g/mol. The molecule has 0 aromatic carbocycles. The van der Waals surface area contributed by atoms with Gasteiger partial charge in [0, 0.05) is 31.7 Å². The van der Waals surface area contributed by atoms with E-state index in [9.17, 15) is 4.79 Å². The summed E-state index contributed by atoms with van der Waals surface area (Å²) in [6.07, 6.45) is 6.82. The Bertz CT molecular complexity index is 321. The van der Waals surface area contributed by atoms with Crippen LogP contribution in [-0.4, -0.2) is 37.2 Å². The van der Waals surface area contributed by atoms with Crippen molar-refractivity contribution in [3.8, 4) is 0 Å². The van der Waals surface area contributed by atoms with Crippen LogP contribution in [0.5, 0.6) is 0 Å². The molecule has 0 aromatic rings. The molecule has 2 saturated heterocycles. The Hall–Kier alpha value is -0.610. The standard InChI is InChI=1S/C17H32N2O2/c1-4-21-16(12(2)3)7-8-18-17(20)11-13-9-14-5-6-15(10-13)19-14/h12-16,19H,4-11H2,1-3H3,(H,18,20). The van der Waals surface area contributed by atoms with E-state index in [1.165, 1.54) is 25.7 Å². The summed E-state index contributed by atoms with van der Waals surface area (Å²) in [5, 5.41) is 6.71. The summed E-state index contributed by atoms with van der Waals surface area (Å²) < 4.78 is 5.71. The van der Waals surface area contributed by atoms with Gasteiger partial charge in [-0.05, 0) is 50.9 Å². The van der Waals surface area contributed by atoms with Crippen LogP contribution < -0.4 is 10.6 Å². The molecule has 0 radical (unpaired) electrons. The van der Waals surface area contributed by atoms with Gasteiger partial charge in [-0.25, -0.2) is 0 Å². The van der Waals surface area contributed by atoms with Crippen LogP contribution in [0, 0.1) is 11.8 Å².